The highest BCUT2D eigenvalue weighted by molar-refractivity contribution is 7.92. The van der Waals surface area contributed by atoms with Crippen molar-refractivity contribution >= 4 is 48.4 Å². The van der Waals surface area contributed by atoms with Crippen LogP contribution >= 0.6 is 0 Å². The first-order valence-corrected chi connectivity index (χ1v) is 17.9. The van der Waals surface area contributed by atoms with E-state index in [1.807, 2.05) is 11.9 Å². The number of anilines is 2. The van der Waals surface area contributed by atoms with Crippen molar-refractivity contribution < 1.29 is 35.2 Å². The Bertz CT molecular complexity index is 2030. The maximum Gasteiger partial charge on any atom is 0.255 e. The number of furan rings is 1. The molecular formula is C31H34FN5O7S2. The third kappa shape index (κ3) is 5.89. The van der Waals surface area contributed by atoms with Crippen molar-refractivity contribution in [3.05, 3.63) is 65.6 Å². The lowest BCUT2D eigenvalue weighted by molar-refractivity contribution is 0.0964. The molecule has 0 radical (unpaired) electrons. The number of piperidine rings is 1. The molecule has 6 rings (SSSR count). The molecule has 0 aliphatic carbocycles. The molecule has 244 valence electrons. The SMILES string of the molecule is CCS(=O)(=O)Nc1cc2oc(-c3ccc(F)cc3)c(C(=O)NC)c2cc1[C@@H]1CCCN(S(=O)(=O)c2cnc3c(c2)OCCN3C)C1. The molecule has 4 aromatic rings. The highest BCUT2D eigenvalue weighted by Crippen LogP contribution is 2.42. The van der Waals surface area contributed by atoms with Crippen molar-refractivity contribution in [2.24, 2.45) is 0 Å². The second-order valence-corrected chi connectivity index (χ2v) is 15.2. The van der Waals surface area contributed by atoms with Crippen molar-refractivity contribution in [1.29, 1.82) is 0 Å². The number of sulfonamides is 2. The number of likely N-dealkylation sites (N-methyl/N-ethyl adjacent to an activating group) is 1. The van der Waals surface area contributed by atoms with E-state index in [1.165, 1.54) is 60.9 Å². The summed E-state index contributed by atoms with van der Waals surface area (Å²) in [4.78, 5) is 19.4. The summed E-state index contributed by atoms with van der Waals surface area (Å²) in [5, 5.41) is 3.03. The molecule has 1 saturated heterocycles. The van der Waals surface area contributed by atoms with Gasteiger partial charge < -0.3 is 19.4 Å². The fraction of sp³-hybridized carbons (Fsp3) is 0.355. The minimum absolute atomic E-state index is 0.00485. The van der Waals surface area contributed by atoms with Gasteiger partial charge in [-0.15, -0.1) is 0 Å². The number of aromatic nitrogens is 1. The molecule has 0 unspecified atom stereocenters. The number of halogens is 1. The Labute approximate surface area is 266 Å². The van der Waals surface area contributed by atoms with Crippen LogP contribution in [0.15, 0.2) is 58.0 Å². The van der Waals surface area contributed by atoms with Crippen molar-refractivity contribution in [2.75, 3.05) is 55.7 Å². The van der Waals surface area contributed by atoms with Crippen LogP contribution in [-0.4, -0.2) is 78.1 Å². The smallest absolute Gasteiger partial charge is 0.255 e. The van der Waals surface area contributed by atoms with Gasteiger partial charge in [0.05, 0.1) is 23.5 Å². The number of hydrogen-bond acceptors (Lipinski definition) is 9. The number of nitrogens with zero attached hydrogens (tertiary/aromatic N) is 3. The number of benzene rings is 2. The Hall–Kier alpha value is -4.21. The Morgan fingerprint density at radius 1 is 1.11 bits per heavy atom. The van der Waals surface area contributed by atoms with Crippen LogP contribution in [0.5, 0.6) is 5.75 Å². The van der Waals surface area contributed by atoms with Gasteiger partial charge in [0.2, 0.25) is 20.0 Å². The summed E-state index contributed by atoms with van der Waals surface area (Å²) in [5.74, 6) is -0.387. The third-order valence-corrected chi connectivity index (χ3v) is 11.5. The summed E-state index contributed by atoms with van der Waals surface area (Å²) in [7, 11) is -4.41. The lowest BCUT2D eigenvalue weighted by Gasteiger charge is -2.33. The Balaban J connectivity index is 1.44. The number of carbonyl (C=O) groups excluding carboxylic acids is 1. The zero-order valence-electron chi connectivity index (χ0n) is 25.5. The topological polar surface area (TPSA) is 151 Å². The van der Waals surface area contributed by atoms with Crippen LogP contribution in [-0.2, 0) is 20.0 Å². The molecule has 2 aromatic carbocycles. The summed E-state index contributed by atoms with van der Waals surface area (Å²) in [5.41, 5.74) is 1.64. The summed E-state index contributed by atoms with van der Waals surface area (Å²) in [6.07, 6.45) is 2.40. The average molecular weight is 672 g/mol. The van der Waals surface area contributed by atoms with Crippen LogP contribution in [0.25, 0.3) is 22.3 Å². The molecule has 0 spiro atoms. The standard InChI is InChI=1S/C31H34FN5O7S2/c1-4-45(39,40)35-25-16-26-24(28(31(38)33-2)29(44-26)19-7-9-21(32)10-8-19)15-23(25)20-6-5-11-37(18-20)46(41,42)22-14-27-30(34-17-22)36(3)12-13-43-27/h7-10,14-17,20,35H,4-6,11-13,18H2,1-3H3,(H,33,38)/t20-/m1/s1. The zero-order valence-corrected chi connectivity index (χ0v) is 27.2. The van der Waals surface area contributed by atoms with Crippen LogP contribution < -0.4 is 19.7 Å². The van der Waals surface area contributed by atoms with Gasteiger partial charge in [-0.25, -0.2) is 26.2 Å². The van der Waals surface area contributed by atoms with Gasteiger partial charge >= 0.3 is 0 Å². The second kappa shape index (κ2) is 12.2. The Morgan fingerprint density at radius 2 is 1.87 bits per heavy atom. The monoisotopic (exact) mass is 671 g/mol. The predicted molar refractivity (Wildman–Crippen MR) is 172 cm³/mol. The maximum absolute atomic E-state index is 13.9. The van der Waals surface area contributed by atoms with E-state index in [2.05, 4.69) is 15.0 Å². The second-order valence-electron chi connectivity index (χ2n) is 11.3. The Kier molecular flexibility index (Phi) is 8.42. The first-order valence-electron chi connectivity index (χ1n) is 14.8. The summed E-state index contributed by atoms with van der Waals surface area (Å²) >= 11 is 0. The molecule has 0 saturated carbocycles. The predicted octanol–water partition coefficient (Wildman–Crippen LogP) is 4.15. The summed E-state index contributed by atoms with van der Waals surface area (Å²) in [6, 6.07) is 10.2. The largest absolute Gasteiger partial charge is 0.488 e. The normalized spacial score (nSPS) is 17.4. The quantitative estimate of drug-likeness (QED) is 0.282. The number of rotatable bonds is 8. The van der Waals surface area contributed by atoms with Crippen molar-refractivity contribution in [1.82, 2.24) is 14.6 Å². The van der Waals surface area contributed by atoms with Gasteiger partial charge in [-0.2, -0.15) is 4.31 Å². The van der Waals surface area contributed by atoms with Gasteiger partial charge in [0.15, 0.2) is 11.6 Å². The van der Waals surface area contributed by atoms with Gasteiger partial charge in [0.1, 0.15) is 28.7 Å². The van der Waals surface area contributed by atoms with E-state index in [4.69, 9.17) is 9.15 Å². The zero-order chi connectivity index (χ0) is 32.8. The number of ether oxygens (including phenoxy) is 1. The number of carbonyl (C=O) groups is 1. The van der Waals surface area contributed by atoms with Gasteiger partial charge in [0, 0.05) is 56.5 Å². The number of nitrogens with one attached hydrogen (secondary N) is 2. The molecule has 2 N–H and O–H groups in total. The van der Waals surface area contributed by atoms with E-state index in [0.29, 0.717) is 54.1 Å². The first kappa shape index (κ1) is 31.8. The minimum Gasteiger partial charge on any atom is -0.488 e. The van der Waals surface area contributed by atoms with E-state index >= 15 is 0 Å². The Morgan fingerprint density at radius 3 is 2.59 bits per heavy atom. The molecule has 15 heteroatoms. The molecule has 1 atom stereocenters. The lowest BCUT2D eigenvalue weighted by atomic mass is 9.89. The van der Waals surface area contributed by atoms with Crippen LogP contribution in [0.2, 0.25) is 0 Å². The van der Waals surface area contributed by atoms with E-state index in [9.17, 15) is 26.0 Å². The maximum atomic E-state index is 13.9. The molecule has 2 aromatic heterocycles. The first-order chi connectivity index (χ1) is 21.9. The molecule has 1 fully saturated rings. The molecular weight excluding hydrogens is 638 g/mol. The molecule has 0 bridgehead atoms. The van der Waals surface area contributed by atoms with Crippen LogP contribution in [0, 0.1) is 5.82 Å². The lowest BCUT2D eigenvalue weighted by Crippen LogP contribution is -2.39. The third-order valence-electron chi connectivity index (χ3n) is 8.38. The van der Waals surface area contributed by atoms with E-state index in [1.54, 1.807) is 6.07 Å². The summed E-state index contributed by atoms with van der Waals surface area (Å²) in [6.45, 7) is 2.88. The van der Waals surface area contributed by atoms with Crippen LogP contribution in [0.3, 0.4) is 0 Å². The molecule has 46 heavy (non-hydrogen) atoms. The van der Waals surface area contributed by atoms with Gasteiger partial charge in [-0.3, -0.25) is 9.52 Å². The van der Waals surface area contributed by atoms with Crippen molar-refractivity contribution in [3.63, 3.8) is 0 Å². The van der Waals surface area contributed by atoms with E-state index < -0.39 is 37.7 Å². The highest BCUT2D eigenvalue weighted by atomic mass is 32.2. The fourth-order valence-corrected chi connectivity index (χ4v) is 8.04. The number of pyridine rings is 1. The van der Waals surface area contributed by atoms with Crippen molar-refractivity contribution in [2.45, 2.75) is 30.6 Å². The van der Waals surface area contributed by atoms with Gasteiger partial charge in [0.25, 0.3) is 5.91 Å². The average Bonchev–Trinajstić information content (AvgIpc) is 3.42. The molecule has 4 heterocycles. The number of fused-ring (bicyclic) bond motifs is 2. The highest BCUT2D eigenvalue weighted by Gasteiger charge is 2.34. The number of hydrogen-bond donors (Lipinski definition) is 2. The van der Waals surface area contributed by atoms with E-state index in [-0.39, 0.29) is 46.3 Å². The van der Waals surface area contributed by atoms with Gasteiger partial charge in [-0.1, -0.05) is 0 Å². The van der Waals surface area contributed by atoms with Crippen molar-refractivity contribution in [3.8, 4) is 17.1 Å². The number of amides is 1. The fourth-order valence-electron chi connectivity index (χ4n) is 5.90. The molecule has 2 aliphatic heterocycles. The molecule has 2 aliphatic rings. The van der Waals surface area contributed by atoms with Crippen LogP contribution in [0.4, 0.5) is 15.9 Å². The van der Waals surface area contributed by atoms with Crippen LogP contribution in [0.1, 0.15) is 41.6 Å². The minimum atomic E-state index is -3.99. The molecule has 1 amide bonds. The summed E-state index contributed by atoms with van der Waals surface area (Å²) < 4.78 is 82.9. The van der Waals surface area contributed by atoms with Gasteiger partial charge in [-0.05, 0) is 61.6 Å². The van der Waals surface area contributed by atoms with E-state index in [0.717, 1.165) is 0 Å². The molecule has 12 nitrogen and oxygen atoms in total.